The van der Waals surface area contributed by atoms with Crippen LogP contribution in [0, 0.1) is 5.82 Å². The number of nitrogen functional groups attached to an aromatic ring is 1. The van der Waals surface area contributed by atoms with Crippen molar-refractivity contribution in [1.29, 1.82) is 0 Å². The third-order valence-electron chi connectivity index (χ3n) is 2.69. The highest BCUT2D eigenvalue weighted by Crippen LogP contribution is 2.20. The summed E-state index contributed by atoms with van der Waals surface area (Å²) in [5.41, 5.74) is 6.49. The second-order valence-corrected chi connectivity index (χ2v) is 4.74. The molecule has 0 aliphatic carbocycles. The molecule has 0 unspecified atom stereocenters. The van der Waals surface area contributed by atoms with Gasteiger partial charge in [0.25, 0.3) is 5.56 Å². The summed E-state index contributed by atoms with van der Waals surface area (Å²) in [6.07, 6.45) is 0. The van der Waals surface area contributed by atoms with Crippen LogP contribution >= 0.6 is 11.6 Å². The molecule has 3 N–H and O–H groups in total. The Morgan fingerprint density at radius 3 is 2.61 bits per heavy atom. The van der Waals surface area contributed by atoms with E-state index in [1.807, 2.05) is 13.8 Å². The number of aromatic amines is 1. The first-order chi connectivity index (χ1) is 8.41. The van der Waals surface area contributed by atoms with E-state index >= 15 is 0 Å². The van der Waals surface area contributed by atoms with E-state index in [9.17, 15) is 9.18 Å². The Bertz CT molecular complexity index is 645. The molecule has 6 heteroatoms. The summed E-state index contributed by atoms with van der Waals surface area (Å²) < 4.78 is 14.6. The van der Waals surface area contributed by atoms with E-state index in [-0.39, 0.29) is 22.2 Å². The highest BCUT2D eigenvalue weighted by atomic mass is 35.5. The van der Waals surface area contributed by atoms with E-state index in [1.54, 1.807) is 6.07 Å². The molecule has 0 spiro atoms. The van der Waals surface area contributed by atoms with Gasteiger partial charge in [-0.25, -0.2) is 9.07 Å². The Kier molecular flexibility index (Phi) is 3.17. The number of anilines is 1. The summed E-state index contributed by atoms with van der Waals surface area (Å²) in [4.78, 5) is 11.9. The Hall–Kier alpha value is -1.75. The normalized spacial score (nSPS) is 11.2. The van der Waals surface area contributed by atoms with Gasteiger partial charge in [0.05, 0.1) is 16.4 Å². The number of nitrogens with zero attached hydrogens (tertiary/aromatic N) is 1. The molecule has 0 saturated carbocycles. The molecule has 0 aliphatic heterocycles. The van der Waals surface area contributed by atoms with E-state index in [0.717, 1.165) is 0 Å². The first-order valence-corrected chi connectivity index (χ1v) is 5.85. The average Bonchev–Trinajstić information content (AvgIpc) is 2.60. The van der Waals surface area contributed by atoms with Gasteiger partial charge in [-0.2, -0.15) is 0 Å². The quantitative estimate of drug-likeness (QED) is 0.880. The van der Waals surface area contributed by atoms with Gasteiger partial charge in [0.1, 0.15) is 11.5 Å². The van der Waals surface area contributed by atoms with Crippen molar-refractivity contribution in [3.8, 4) is 5.69 Å². The first-order valence-electron chi connectivity index (χ1n) is 5.47. The van der Waals surface area contributed by atoms with Crippen molar-refractivity contribution >= 4 is 17.3 Å². The van der Waals surface area contributed by atoms with Crippen molar-refractivity contribution in [2.75, 3.05) is 5.73 Å². The molecule has 0 atom stereocenters. The predicted octanol–water partition coefficient (Wildman–Crippen LogP) is 2.66. The molecule has 0 amide bonds. The van der Waals surface area contributed by atoms with Crippen LogP contribution in [0.15, 0.2) is 23.0 Å². The fourth-order valence-corrected chi connectivity index (χ4v) is 1.83. The molecule has 1 aromatic carbocycles. The zero-order valence-electron chi connectivity index (χ0n) is 10.00. The van der Waals surface area contributed by atoms with Crippen molar-refractivity contribution in [3.63, 3.8) is 0 Å². The van der Waals surface area contributed by atoms with E-state index in [0.29, 0.717) is 11.4 Å². The number of hydrogen-bond acceptors (Lipinski definition) is 2. The average molecular weight is 270 g/mol. The van der Waals surface area contributed by atoms with E-state index in [2.05, 4.69) is 5.10 Å². The van der Waals surface area contributed by atoms with E-state index in [1.165, 1.54) is 16.8 Å². The molecule has 2 rings (SSSR count). The minimum atomic E-state index is -0.583. The van der Waals surface area contributed by atoms with Crippen LogP contribution in [-0.4, -0.2) is 9.78 Å². The fourth-order valence-electron chi connectivity index (χ4n) is 1.71. The zero-order chi connectivity index (χ0) is 13.4. The second-order valence-electron chi connectivity index (χ2n) is 4.33. The Morgan fingerprint density at radius 2 is 2.11 bits per heavy atom. The first kappa shape index (κ1) is 12.7. The molecule has 4 nitrogen and oxygen atoms in total. The minimum absolute atomic E-state index is 0.00964. The lowest BCUT2D eigenvalue weighted by Gasteiger charge is -2.04. The predicted molar refractivity (Wildman–Crippen MR) is 69.9 cm³/mol. The molecule has 96 valence electrons. The molecule has 0 saturated heterocycles. The Morgan fingerprint density at radius 1 is 1.44 bits per heavy atom. The van der Waals surface area contributed by atoms with Crippen LogP contribution in [0.5, 0.6) is 0 Å². The van der Waals surface area contributed by atoms with Crippen LogP contribution in [0.25, 0.3) is 5.69 Å². The third kappa shape index (κ3) is 2.01. The summed E-state index contributed by atoms with van der Waals surface area (Å²) >= 11 is 5.60. The van der Waals surface area contributed by atoms with Crippen LogP contribution < -0.4 is 11.3 Å². The highest BCUT2D eigenvalue weighted by molar-refractivity contribution is 6.30. The summed E-state index contributed by atoms with van der Waals surface area (Å²) in [6.45, 7) is 3.82. The maximum Gasteiger partial charge on any atom is 0.294 e. The third-order valence-corrected chi connectivity index (χ3v) is 3.00. The SMILES string of the molecule is CC(C)c1[nH]n(-c2ccc(Cl)c(F)c2)c(=O)c1N. The molecule has 0 aliphatic rings. The number of benzene rings is 1. The van der Waals surface area contributed by atoms with Crippen LogP contribution in [-0.2, 0) is 0 Å². The Labute approximate surface area is 108 Å². The molecule has 0 radical (unpaired) electrons. The maximum absolute atomic E-state index is 13.4. The zero-order valence-corrected chi connectivity index (χ0v) is 10.8. The lowest BCUT2D eigenvalue weighted by molar-refractivity contribution is 0.625. The molecule has 1 aromatic heterocycles. The summed E-state index contributed by atoms with van der Waals surface area (Å²) in [5.74, 6) is -0.503. The van der Waals surface area contributed by atoms with Gasteiger partial charge in [0.2, 0.25) is 0 Å². The molecular weight excluding hydrogens is 257 g/mol. The smallest absolute Gasteiger partial charge is 0.294 e. The van der Waals surface area contributed by atoms with Crippen LogP contribution in [0.4, 0.5) is 10.1 Å². The monoisotopic (exact) mass is 269 g/mol. The van der Waals surface area contributed by atoms with E-state index < -0.39 is 5.82 Å². The van der Waals surface area contributed by atoms with Crippen molar-refractivity contribution in [3.05, 3.63) is 45.1 Å². The minimum Gasteiger partial charge on any atom is -0.393 e. The van der Waals surface area contributed by atoms with Crippen LogP contribution in [0.3, 0.4) is 0 Å². The number of hydrogen-bond donors (Lipinski definition) is 2. The number of nitrogens with one attached hydrogen (secondary N) is 1. The number of nitrogens with two attached hydrogens (primary N) is 1. The molecule has 2 aromatic rings. The van der Waals surface area contributed by atoms with Gasteiger partial charge in [-0.15, -0.1) is 0 Å². The number of aromatic nitrogens is 2. The van der Waals surface area contributed by atoms with Gasteiger partial charge >= 0.3 is 0 Å². The van der Waals surface area contributed by atoms with E-state index in [4.69, 9.17) is 17.3 Å². The summed E-state index contributed by atoms with van der Waals surface area (Å²) in [6, 6.07) is 4.13. The lowest BCUT2D eigenvalue weighted by atomic mass is 10.1. The maximum atomic E-state index is 13.4. The number of halogens is 2. The number of rotatable bonds is 2. The van der Waals surface area contributed by atoms with Crippen molar-refractivity contribution in [2.45, 2.75) is 19.8 Å². The Balaban J connectivity index is 2.61. The topological polar surface area (TPSA) is 63.8 Å². The number of H-pyrrole nitrogens is 1. The van der Waals surface area contributed by atoms with Gasteiger partial charge < -0.3 is 5.73 Å². The largest absolute Gasteiger partial charge is 0.393 e. The van der Waals surface area contributed by atoms with Crippen LogP contribution in [0.1, 0.15) is 25.5 Å². The molecule has 18 heavy (non-hydrogen) atoms. The van der Waals surface area contributed by atoms with Crippen LogP contribution in [0.2, 0.25) is 5.02 Å². The molecule has 1 heterocycles. The highest BCUT2D eigenvalue weighted by Gasteiger charge is 2.15. The second kappa shape index (κ2) is 4.49. The summed E-state index contributed by atoms with van der Waals surface area (Å²) in [7, 11) is 0. The van der Waals surface area contributed by atoms with Crippen molar-refractivity contribution in [2.24, 2.45) is 0 Å². The lowest BCUT2D eigenvalue weighted by Crippen LogP contribution is -2.16. The van der Waals surface area contributed by atoms with Crippen molar-refractivity contribution in [1.82, 2.24) is 9.78 Å². The van der Waals surface area contributed by atoms with Gasteiger partial charge in [0.15, 0.2) is 0 Å². The molecule has 0 fully saturated rings. The molecular formula is C12H13ClFN3O. The standard InChI is InChI=1S/C12H13ClFN3O/c1-6(2)11-10(15)12(18)17(16-11)7-3-4-8(13)9(14)5-7/h3-6,16H,15H2,1-2H3. The van der Waals surface area contributed by atoms with Crippen molar-refractivity contribution < 1.29 is 4.39 Å². The van der Waals surface area contributed by atoms with Gasteiger partial charge in [-0.3, -0.25) is 9.89 Å². The van der Waals surface area contributed by atoms with Gasteiger partial charge in [-0.1, -0.05) is 25.4 Å². The van der Waals surface area contributed by atoms with Gasteiger partial charge in [-0.05, 0) is 18.1 Å². The van der Waals surface area contributed by atoms with Gasteiger partial charge in [0, 0.05) is 6.07 Å². The fraction of sp³-hybridized carbons (Fsp3) is 0.250. The summed E-state index contributed by atoms with van der Waals surface area (Å²) in [5, 5.41) is 2.89. The molecule has 0 bridgehead atoms.